The van der Waals surface area contributed by atoms with Crippen molar-refractivity contribution in [3.05, 3.63) is 30.3 Å². The van der Waals surface area contributed by atoms with Crippen molar-refractivity contribution in [3.63, 3.8) is 0 Å². The summed E-state index contributed by atoms with van der Waals surface area (Å²) in [6, 6.07) is 9.24. The number of carbonyl (C=O) groups excluding carboxylic acids is 2. The molecule has 0 amide bonds. The minimum atomic E-state index is -0.562. The van der Waals surface area contributed by atoms with Crippen LogP contribution in [0.1, 0.15) is 19.3 Å². The van der Waals surface area contributed by atoms with Crippen LogP contribution in [-0.2, 0) is 19.1 Å². The van der Waals surface area contributed by atoms with Gasteiger partial charge in [0.05, 0.1) is 0 Å². The Morgan fingerprint density at radius 3 is 2.17 bits per heavy atom. The number of carbonyl (C=O) groups is 2. The quantitative estimate of drug-likeness (QED) is 0.541. The number of hydrogen-bond acceptors (Lipinski definition) is 5. The zero-order valence-corrected chi connectivity index (χ0v) is 15.3. The Bertz CT molecular complexity index is 517. The van der Waals surface area contributed by atoms with Crippen LogP contribution in [0.4, 0.5) is 0 Å². The first kappa shape index (κ1) is 18.0. The zero-order valence-electron chi connectivity index (χ0n) is 13.6. The molecule has 2 rings (SSSR count). The molecule has 1 saturated heterocycles. The van der Waals surface area contributed by atoms with E-state index >= 15 is 0 Å². The molecule has 1 aromatic carbocycles. The third kappa shape index (κ3) is 4.80. The number of methoxy groups -OCH3 is 2. The first-order chi connectivity index (χ1) is 11.2. The van der Waals surface area contributed by atoms with E-state index in [1.807, 2.05) is 30.3 Å². The fourth-order valence-corrected chi connectivity index (χ4v) is 5.33. The zero-order chi connectivity index (χ0) is 16.7. The van der Waals surface area contributed by atoms with Gasteiger partial charge in [0.25, 0.3) is 0 Å². The van der Waals surface area contributed by atoms with E-state index in [1.54, 1.807) is 0 Å². The van der Waals surface area contributed by atoms with Crippen LogP contribution >= 0.6 is 0 Å². The second kappa shape index (κ2) is 9.06. The van der Waals surface area contributed by atoms with Gasteiger partial charge in [0.15, 0.2) is 0 Å². The van der Waals surface area contributed by atoms with E-state index in [9.17, 15) is 9.59 Å². The molecule has 0 aromatic heterocycles. The number of benzene rings is 1. The van der Waals surface area contributed by atoms with E-state index in [0.717, 1.165) is 36.8 Å². The third-order valence-corrected chi connectivity index (χ3v) is 6.57. The molecular formula is C17H23NO4Se. The Morgan fingerprint density at radius 2 is 1.61 bits per heavy atom. The van der Waals surface area contributed by atoms with Crippen LogP contribution in [0.2, 0.25) is 4.82 Å². The number of esters is 2. The molecule has 5 nitrogen and oxygen atoms in total. The summed E-state index contributed by atoms with van der Waals surface area (Å²) >= 11 is -0.204. The van der Waals surface area contributed by atoms with Gasteiger partial charge in [-0.05, 0) is 0 Å². The number of rotatable bonds is 6. The van der Waals surface area contributed by atoms with Crippen LogP contribution in [0.5, 0.6) is 0 Å². The second-order valence-electron chi connectivity index (χ2n) is 5.44. The Labute approximate surface area is 143 Å². The predicted octanol–water partition coefficient (Wildman–Crippen LogP) is 1.01. The average Bonchev–Trinajstić information content (AvgIpc) is 2.62. The monoisotopic (exact) mass is 385 g/mol. The molecule has 1 aromatic rings. The first-order valence-electron chi connectivity index (χ1n) is 7.78. The summed E-state index contributed by atoms with van der Waals surface area (Å²) in [6.45, 7) is 1.64. The molecule has 0 saturated carbocycles. The van der Waals surface area contributed by atoms with Crippen LogP contribution in [-0.4, -0.2) is 65.1 Å². The van der Waals surface area contributed by atoms with Gasteiger partial charge in [-0.2, -0.15) is 0 Å². The van der Waals surface area contributed by atoms with Gasteiger partial charge in [-0.15, -0.1) is 0 Å². The van der Waals surface area contributed by atoms with E-state index in [1.165, 1.54) is 14.2 Å². The van der Waals surface area contributed by atoms with Crippen LogP contribution in [0.3, 0.4) is 0 Å². The summed E-state index contributed by atoms with van der Waals surface area (Å²) in [7, 11) is 2.75. The SMILES string of the molecule is COC(=O)[C@H]([C@@H]([Se]c1ccccc1)C(=O)OC)N1CCCCC1. The molecule has 1 aliphatic rings. The number of nitrogens with zero attached hydrogens (tertiary/aromatic N) is 1. The molecule has 0 N–H and O–H groups in total. The molecule has 0 bridgehead atoms. The van der Waals surface area contributed by atoms with Gasteiger partial charge in [-0.1, -0.05) is 0 Å². The normalized spacial score (nSPS) is 18.0. The Morgan fingerprint density at radius 1 is 1.00 bits per heavy atom. The minimum absolute atomic E-state index is 0.204. The molecular weight excluding hydrogens is 361 g/mol. The maximum atomic E-state index is 12.4. The van der Waals surface area contributed by atoms with Gasteiger partial charge >= 0.3 is 143 Å². The van der Waals surface area contributed by atoms with Gasteiger partial charge in [0.1, 0.15) is 0 Å². The summed E-state index contributed by atoms with van der Waals surface area (Å²) in [5, 5.41) is 0. The second-order valence-corrected chi connectivity index (χ2v) is 7.99. The molecule has 1 heterocycles. The van der Waals surface area contributed by atoms with Crippen molar-refractivity contribution in [2.75, 3.05) is 27.3 Å². The molecule has 0 radical (unpaired) electrons. The van der Waals surface area contributed by atoms with Crippen LogP contribution in [0, 0.1) is 0 Å². The van der Waals surface area contributed by atoms with Crippen molar-refractivity contribution in [3.8, 4) is 0 Å². The molecule has 0 aliphatic carbocycles. The van der Waals surface area contributed by atoms with Gasteiger partial charge in [-0.25, -0.2) is 0 Å². The van der Waals surface area contributed by atoms with E-state index in [2.05, 4.69) is 4.90 Å². The molecule has 23 heavy (non-hydrogen) atoms. The van der Waals surface area contributed by atoms with Crippen LogP contribution in [0.25, 0.3) is 0 Å². The Balaban J connectivity index is 2.27. The number of piperidine rings is 1. The number of likely N-dealkylation sites (tertiary alicyclic amines) is 1. The molecule has 6 heteroatoms. The fourth-order valence-electron chi connectivity index (χ4n) is 2.78. The molecule has 126 valence electrons. The third-order valence-electron chi connectivity index (χ3n) is 3.95. The van der Waals surface area contributed by atoms with Gasteiger partial charge in [0, 0.05) is 0 Å². The van der Waals surface area contributed by atoms with E-state index in [4.69, 9.17) is 9.47 Å². The standard InChI is InChI=1S/C17H23NO4Se/c1-21-16(19)14(18-11-7-4-8-12-18)15(17(20)22-2)23-13-9-5-3-6-10-13/h3,5-6,9-10,14-15H,4,7-8,11-12H2,1-2H3/t14-,15+/m0/s1. The van der Waals surface area contributed by atoms with Crippen molar-refractivity contribution in [1.29, 1.82) is 0 Å². The summed E-state index contributed by atoms with van der Waals surface area (Å²) in [5.74, 6) is -0.685. The van der Waals surface area contributed by atoms with Crippen LogP contribution in [0.15, 0.2) is 30.3 Å². The van der Waals surface area contributed by atoms with Gasteiger partial charge < -0.3 is 0 Å². The van der Waals surface area contributed by atoms with Crippen molar-refractivity contribution in [1.82, 2.24) is 4.90 Å². The number of ether oxygens (including phenoxy) is 2. The number of hydrogen-bond donors (Lipinski definition) is 0. The van der Waals surface area contributed by atoms with Crippen molar-refractivity contribution >= 4 is 31.4 Å². The maximum absolute atomic E-state index is 12.4. The molecule has 1 fully saturated rings. The van der Waals surface area contributed by atoms with Crippen molar-refractivity contribution < 1.29 is 19.1 Å². The molecule has 0 spiro atoms. The van der Waals surface area contributed by atoms with Gasteiger partial charge in [-0.3, -0.25) is 0 Å². The summed E-state index contributed by atoms with van der Waals surface area (Å²) in [6.07, 6.45) is 3.25. The van der Waals surface area contributed by atoms with E-state index in [0.29, 0.717) is 0 Å². The fraction of sp³-hybridized carbons (Fsp3) is 0.529. The first-order valence-corrected chi connectivity index (χ1v) is 9.63. The summed E-state index contributed by atoms with van der Waals surface area (Å²) < 4.78 is 11.1. The van der Waals surface area contributed by atoms with E-state index in [-0.39, 0.29) is 26.9 Å². The van der Waals surface area contributed by atoms with Crippen molar-refractivity contribution in [2.24, 2.45) is 0 Å². The van der Waals surface area contributed by atoms with Crippen LogP contribution < -0.4 is 4.46 Å². The molecule has 2 atom stereocenters. The average molecular weight is 384 g/mol. The van der Waals surface area contributed by atoms with Crippen molar-refractivity contribution in [2.45, 2.75) is 30.1 Å². The Kier molecular flexibility index (Phi) is 7.09. The predicted molar refractivity (Wildman–Crippen MR) is 88.8 cm³/mol. The summed E-state index contributed by atoms with van der Waals surface area (Å²) in [5.41, 5.74) is 0. The summed E-state index contributed by atoms with van der Waals surface area (Å²) in [4.78, 5) is 26.4. The van der Waals surface area contributed by atoms with Gasteiger partial charge in [0.2, 0.25) is 0 Å². The topological polar surface area (TPSA) is 55.8 Å². The molecule has 0 unspecified atom stereocenters. The molecule has 1 aliphatic heterocycles. The van der Waals surface area contributed by atoms with E-state index < -0.39 is 10.9 Å². The Hall–Kier alpha value is -1.36.